The van der Waals surface area contributed by atoms with Crippen molar-refractivity contribution in [2.75, 3.05) is 0 Å². The normalized spacial score (nSPS) is 13.2. The number of unbranched alkanes of at least 4 members (excludes halogenated alkanes) is 1. The Morgan fingerprint density at radius 1 is 1.10 bits per heavy atom. The average molecular weight is 285 g/mol. The first-order valence-electron chi connectivity index (χ1n) is 7.53. The Labute approximate surface area is 123 Å². The maximum absolute atomic E-state index is 11.9. The highest BCUT2D eigenvalue weighted by molar-refractivity contribution is 5.75. The van der Waals surface area contributed by atoms with Crippen LogP contribution >= 0.6 is 0 Å². The summed E-state index contributed by atoms with van der Waals surface area (Å²) in [6.45, 7) is 11.3. The van der Waals surface area contributed by atoms with E-state index in [9.17, 15) is 9.59 Å². The molecule has 4 heteroatoms. The Balaban J connectivity index is 4.57. The van der Waals surface area contributed by atoms with Crippen molar-refractivity contribution in [1.29, 1.82) is 0 Å². The van der Waals surface area contributed by atoms with Gasteiger partial charge in [-0.1, -0.05) is 27.2 Å². The second kappa shape index (κ2) is 8.98. The third-order valence-corrected chi connectivity index (χ3v) is 2.92. The number of esters is 2. The lowest BCUT2D eigenvalue weighted by atomic mass is 9.97. The van der Waals surface area contributed by atoms with Crippen LogP contribution in [0.2, 0.25) is 0 Å². The van der Waals surface area contributed by atoms with Gasteiger partial charge < -0.3 is 9.47 Å². The van der Waals surface area contributed by atoms with Crippen molar-refractivity contribution < 1.29 is 19.1 Å². The van der Waals surface area contributed by atoms with Crippen LogP contribution < -0.4 is 0 Å². The van der Waals surface area contributed by atoms with Crippen molar-refractivity contribution in [2.24, 2.45) is 5.41 Å². The predicted molar refractivity (Wildman–Crippen MR) is 78.8 cm³/mol. The molecular weight excluding hydrogens is 256 g/mol. The van der Waals surface area contributed by atoms with E-state index in [4.69, 9.17) is 9.47 Å². The molecule has 0 aromatic heterocycles. The predicted octanol–water partition coefficient (Wildman–Crippen LogP) is 4.03. The number of hydrogen-bond acceptors (Lipinski definition) is 4. The van der Waals surface area contributed by atoms with E-state index in [0.29, 0.717) is 25.4 Å². The molecule has 0 amide bonds. The van der Waals surface area contributed by atoms with E-state index >= 15 is 0 Å². The fourth-order valence-electron chi connectivity index (χ4n) is 1.57. The molecule has 0 saturated carbocycles. The molecule has 0 fully saturated rings. The second-order valence-corrected chi connectivity index (χ2v) is 5.95. The largest absolute Gasteiger partial charge is 0.458 e. The van der Waals surface area contributed by atoms with Gasteiger partial charge in [-0.25, -0.2) is 0 Å². The van der Waals surface area contributed by atoms with E-state index in [1.165, 1.54) is 0 Å². The van der Waals surface area contributed by atoms with Gasteiger partial charge in [0.2, 0.25) is 0 Å². The molecule has 0 aliphatic heterocycles. The van der Waals surface area contributed by atoms with Crippen LogP contribution in [0.25, 0.3) is 0 Å². The Bertz CT molecular complexity index is 304. The van der Waals surface area contributed by atoms with Crippen molar-refractivity contribution in [2.45, 2.75) is 79.8 Å². The van der Waals surface area contributed by atoms with Gasteiger partial charge in [0.05, 0.1) is 5.41 Å². The van der Waals surface area contributed by atoms with Gasteiger partial charge in [0.25, 0.3) is 0 Å². The van der Waals surface area contributed by atoms with Gasteiger partial charge in [-0.3, -0.25) is 9.59 Å². The zero-order chi connectivity index (χ0) is 15.8. The van der Waals surface area contributed by atoms with Crippen LogP contribution in [0.3, 0.4) is 0 Å². The van der Waals surface area contributed by atoms with Gasteiger partial charge >= 0.3 is 11.9 Å². The number of carbonyl (C=O) groups is 2. The average Bonchev–Trinajstić information content (AvgIpc) is 2.38. The molecule has 1 unspecified atom stereocenters. The monoisotopic (exact) mass is 285 g/mol. The zero-order valence-electron chi connectivity index (χ0n) is 13.7. The zero-order valence-corrected chi connectivity index (χ0v) is 13.7. The quantitative estimate of drug-likeness (QED) is 0.632. The third-order valence-electron chi connectivity index (χ3n) is 2.92. The minimum Gasteiger partial charge on any atom is -0.458 e. The highest BCUT2D eigenvalue weighted by Gasteiger charge is 2.31. The lowest BCUT2D eigenvalue weighted by molar-refractivity contribution is -0.165. The molecule has 0 spiro atoms. The highest BCUT2D eigenvalue weighted by atomic mass is 16.6. The van der Waals surface area contributed by atoms with Gasteiger partial charge in [0.15, 0.2) is 6.10 Å². The van der Waals surface area contributed by atoms with Crippen LogP contribution in [0.15, 0.2) is 0 Å². The minimum absolute atomic E-state index is 0.242. The van der Waals surface area contributed by atoms with E-state index in [2.05, 4.69) is 0 Å². The van der Waals surface area contributed by atoms with Gasteiger partial charge in [0.1, 0.15) is 6.10 Å². The van der Waals surface area contributed by atoms with Gasteiger partial charge in [0, 0.05) is 6.42 Å². The molecule has 1 atom stereocenters. The molecule has 1 radical (unpaired) electrons. The highest BCUT2D eigenvalue weighted by Crippen LogP contribution is 2.24. The van der Waals surface area contributed by atoms with E-state index < -0.39 is 11.5 Å². The van der Waals surface area contributed by atoms with E-state index in [1.54, 1.807) is 20.8 Å². The molecule has 0 aliphatic rings. The molecule has 0 aromatic rings. The first-order valence-corrected chi connectivity index (χ1v) is 7.53. The van der Waals surface area contributed by atoms with E-state index in [-0.39, 0.29) is 11.9 Å². The fourth-order valence-corrected chi connectivity index (χ4v) is 1.57. The minimum atomic E-state index is -0.557. The summed E-state index contributed by atoms with van der Waals surface area (Å²) < 4.78 is 10.8. The molecule has 117 valence electrons. The number of carbonyl (C=O) groups excluding carboxylic acids is 2. The summed E-state index contributed by atoms with van der Waals surface area (Å²) in [6, 6.07) is 0. The maximum atomic E-state index is 11.9. The van der Waals surface area contributed by atoms with E-state index in [0.717, 1.165) is 12.8 Å². The van der Waals surface area contributed by atoms with Gasteiger partial charge in [-0.2, -0.15) is 0 Å². The van der Waals surface area contributed by atoms with Crippen LogP contribution in [-0.2, 0) is 19.1 Å². The number of ether oxygens (including phenoxy) is 2. The number of hydrogen-bond donors (Lipinski definition) is 0. The van der Waals surface area contributed by atoms with E-state index in [1.807, 2.05) is 20.8 Å². The van der Waals surface area contributed by atoms with Crippen LogP contribution in [0, 0.1) is 11.5 Å². The summed E-state index contributed by atoms with van der Waals surface area (Å²) >= 11 is 0. The van der Waals surface area contributed by atoms with Crippen molar-refractivity contribution in [3.63, 3.8) is 0 Å². The van der Waals surface area contributed by atoms with Gasteiger partial charge in [-0.05, 0) is 40.0 Å². The van der Waals surface area contributed by atoms with Crippen LogP contribution in [0.1, 0.15) is 73.6 Å². The Hall–Kier alpha value is -1.06. The summed E-state index contributed by atoms with van der Waals surface area (Å²) in [5.74, 6) is -0.520. The second-order valence-electron chi connectivity index (χ2n) is 5.95. The summed E-state index contributed by atoms with van der Waals surface area (Å²) in [4.78, 5) is 23.6. The van der Waals surface area contributed by atoms with Crippen molar-refractivity contribution in [3.8, 4) is 0 Å². The molecule has 0 rings (SSSR count). The molecule has 0 heterocycles. The molecule has 0 aliphatic carbocycles. The van der Waals surface area contributed by atoms with Crippen molar-refractivity contribution in [3.05, 3.63) is 6.10 Å². The smallest absolute Gasteiger partial charge is 0.311 e. The summed E-state index contributed by atoms with van der Waals surface area (Å²) in [7, 11) is 0. The van der Waals surface area contributed by atoms with Gasteiger partial charge in [-0.15, -0.1) is 0 Å². The molecule has 4 nitrogen and oxygen atoms in total. The van der Waals surface area contributed by atoms with Crippen LogP contribution in [-0.4, -0.2) is 18.0 Å². The first-order chi connectivity index (χ1) is 9.26. The SMILES string of the molecule is CCCCC(=O)O[C](CC)C(CC)OC(=O)C(C)(C)C. The lowest BCUT2D eigenvalue weighted by Gasteiger charge is -2.27. The van der Waals surface area contributed by atoms with Crippen molar-refractivity contribution >= 4 is 11.9 Å². The molecule has 0 aromatic carbocycles. The third kappa shape index (κ3) is 6.92. The summed E-state index contributed by atoms with van der Waals surface area (Å²) in [6.07, 6.45) is 3.44. The van der Waals surface area contributed by atoms with Crippen LogP contribution in [0.5, 0.6) is 0 Å². The Kier molecular flexibility index (Phi) is 8.51. The molecule has 0 saturated heterocycles. The fraction of sp³-hybridized carbons (Fsp3) is 0.812. The Morgan fingerprint density at radius 3 is 2.10 bits per heavy atom. The lowest BCUT2D eigenvalue weighted by Crippen LogP contribution is -2.33. The van der Waals surface area contributed by atoms with Crippen molar-refractivity contribution in [1.82, 2.24) is 0 Å². The standard InChI is InChI=1S/C16H29O4/c1-7-10-11-14(17)19-12(8-2)13(9-3)20-15(18)16(4,5)6/h13H,7-11H2,1-6H3. The molecule has 0 N–H and O–H groups in total. The maximum Gasteiger partial charge on any atom is 0.311 e. The Morgan fingerprint density at radius 2 is 1.70 bits per heavy atom. The first kappa shape index (κ1) is 18.9. The summed E-state index contributed by atoms with van der Waals surface area (Å²) in [5, 5.41) is 0. The summed E-state index contributed by atoms with van der Waals surface area (Å²) in [5.41, 5.74) is -0.557. The topological polar surface area (TPSA) is 52.6 Å². The molecule has 20 heavy (non-hydrogen) atoms. The molecular formula is C16H29O4. The number of rotatable bonds is 8. The molecule has 0 bridgehead atoms. The van der Waals surface area contributed by atoms with Crippen LogP contribution in [0.4, 0.5) is 0 Å².